The molecule has 0 amide bonds. The molecule has 68 valence electrons. The minimum atomic E-state index is -0.574. The number of nitrogens with two attached hydrogens (primary N) is 1. The Balaban J connectivity index is 2.89. The molecule has 1 rings (SSSR count). The van der Waals surface area contributed by atoms with Gasteiger partial charge in [-0.3, -0.25) is 0 Å². The van der Waals surface area contributed by atoms with Crippen LogP contribution in [0.4, 0.5) is 0 Å². The van der Waals surface area contributed by atoms with Crippen molar-refractivity contribution in [1.82, 2.24) is 0 Å². The topological polar surface area (TPSA) is 59.4 Å². The van der Waals surface area contributed by atoms with Crippen LogP contribution in [0.1, 0.15) is 30.0 Å². The van der Waals surface area contributed by atoms with Crippen molar-refractivity contribution in [3.05, 3.63) is 23.2 Å². The normalized spacial score (nSPS) is 16.1. The molecule has 0 spiro atoms. The van der Waals surface area contributed by atoms with E-state index in [-0.39, 0.29) is 0 Å². The van der Waals surface area contributed by atoms with Crippen LogP contribution in [-0.2, 0) is 0 Å². The standard InChI is InChI=1S/C9H15NO2/c1-5-4-8(12-7(5)3)9(10)6(2)11/h4,6,9,11H,10H2,1-3H3/t6-,9-/m1/s1. The minimum Gasteiger partial charge on any atom is -0.464 e. The first-order valence-corrected chi connectivity index (χ1v) is 4.03. The maximum atomic E-state index is 9.19. The maximum Gasteiger partial charge on any atom is 0.123 e. The van der Waals surface area contributed by atoms with Gasteiger partial charge in [-0.2, -0.15) is 0 Å². The Morgan fingerprint density at radius 3 is 2.42 bits per heavy atom. The van der Waals surface area contributed by atoms with E-state index >= 15 is 0 Å². The molecular formula is C9H15NO2. The average Bonchev–Trinajstić information content (AvgIpc) is 2.30. The van der Waals surface area contributed by atoms with Gasteiger partial charge < -0.3 is 15.3 Å². The highest BCUT2D eigenvalue weighted by atomic mass is 16.3. The Labute approximate surface area is 72.2 Å². The van der Waals surface area contributed by atoms with E-state index in [0.717, 1.165) is 11.3 Å². The molecule has 3 nitrogen and oxygen atoms in total. The second kappa shape index (κ2) is 3.29. The number of hydrogen-bond acceptors (Lipinski definition) is 3. The third-order valence-electron chi connectivity index (χ3n) is 2.03. The molecule has 3 N–H and O–H groups in total. The van der Waals surface area contributed by atoms with Gasteiger partial charge in [0.2, 0.25) is 0 Å². The number of hydrogen-bond donors (Lipinski definition) is 2. The SMILES string of the molecule is Cc1cc([C@H](N)[C@@H](C)O)oc1C. The van der Waals surface area contributed by atoms with E-state index in [1.165, 1.54) is 0 Å². The molecule has 1 aromatic heterocycles. The van der Waals surface area contributed by atoms with E-state index in [0.29, 0.717) is 5.76 Å². The van der Waals surface area contributed by atoms with Crippen LogP contribution < -0.4 is 5.73 Å². The first kappa shape index (κ1) is 9.29. The fourth-order valence-corrected chi connectivity index (χ4v) is 1.00. The molecule has 0 unspecified atom stereocenters. The number of aryl methyl sites for hydroxylation is 2. The molecule has 0 saturated heterocycles. The summed E-state index contributed by atoms with van der Waals surface area (Å²) in [5, 5.41) is 9.19. The predicted molar refractivity (Wildman–Crippen MR) is 46.8 cm³/mol. The quantitative estimate of drug-likeness (QED) is 0.701. The Morgan fingerprint density at radius 1 is 1.50 bits per heavy atom. The zero-order valence-corrected chi connectivity index (χ0v) is 7.66. The molecule has 1 aromatic rings. The molecule has 0 aliphatic heterocycles. The molecule has 0 aliphatic rings. The zero-order chi connectivity index (χ0) is 9.30. The Morgan fingerprint density at radius 2 is 2.08 bits per heavy atom. The predicted octanol–water partition coefficient (Wildman–Crippen LogP) is 1.28. The lowest BCUT2D eigenvalue weighted by Crippen LogP contribution is -2.22. The summed E-state index contributed by atoms with van der Waals surface area (Å²) in [6, 6.07) is 1.45. The van der Waals surface area contributed by atoms with Gasteiger partial charge in [0, 0.05) is 0 Å². The third-order valence-corrected chi connectivity index (χ3v) is 2.03. The summed E-state index contributed by atoms with van der Waals surface area (Å²) in [7, 11) is 0. The summed E-state index contributed by atoms with van der Waals surface area (Å²) in [5.74, 6) is 1.51. The van der Waals surface area contributed by atoms with Crippen LogP contribution >= 0.6 is 0 Å². The minimum absolute atomic E-state index is 0.419. The van der Waals surface area contributed by atoms with E-state index in [1.807, 2.05) is 19.9 Å². The van der Waals surface area contributed by atoms with Crippen LogP contribution in [0.2, 0.25) is 0 Å². The van der Waals surface area contributed by atoms with Crippen LogP contribution in [-0.4, -0.2) is 11.2 Å². The van der Waals surface area contributed by atoms with Crippen molar-refractivity contribution in [3.63, 3.8) is 0 Å². The smallest absolute Gasteiger partial charge is 0.123 e. The Hall–Kier alpha value is -0.800. The maximum absolute atomic E-state index is 9.19. The fourth-order valence-electron chi connectivity index (χ4n) is 1.00. The number of rotatable bonds is 2. The summed E-state index contributed by atoms with van der Waals surface area (Å²) in [5.41, 5.74) is 6.75. The van der Waals surface area contributed by atoms with Crippen LogP contribution in [0, 0.1) is 13.8 Å². The van der Waals surface area contributed by atoms with Crippen LogP contribution in [0.5, 0.6) is 0 Å². The highest BCUT2D eigenvalue weighted by Gasteiger charge is 2.16. The zero-order valence-electron chi connectivity index (χ0n) is 7.66. The van der Waals surface area contributed by atoms with Crippen molar-refractivity contribution in [1.29, 1.82) is 0 Å². The monoisotopic (exact) mass is 169 g/mol. The van der Waals surface area contributed by atoms with Gasteiger partial charge in [-0.25, -0.2) is 0 Å². The lowest BCUT2D eigenvalue weighted by molar-refractivity contribution is 0.153. The summed E-state index contributed by atoms with van der Waals surface area (Å²) in [6.45, 7) is 5.49. The largest absolute Gasteiger partial charge is 0.464 e. The lowest BCUT2D eigenvalue weighted by Gasteiger charge is -2.10. The van der Waals surface area contributed by atoms with Gasteiger partial charge in [-0.15, -0.1) is 0 Å². The molecule has 12 heavy (non-hydrogen) atoms. The highest BCUT2D eigenvalue weighted by molar-refractivity contribution is 5.21. The lowest BCUT2D eigenvalue weighted by atomic mass is 10.1. The summed E-state index contributed by atoms with van der Waals surface area (Å²) in [4.78, 5) is 0. The van der Waals surface area contributed by atoms with Gasteiger partial charge in [0.15, 0.2) is 0 Å². The summed E-state index contributed by atoms with van der Waals surface area (Å²) >= 11 is 0. The first-order chi connectivity index (χ1) is 5.52. The molecule has 0 fully saturated rings. The third kappa shape index (κ3) is 1.68. The van der Waals surface area contributed by atoms with Gasteiger partial charge in [0.1, 0.15) is 11.5 Å². The Bertz CT molecular complexity index is 246. The molecule has 2 atom stereocenters. The molecule has 0 aliphatic carbocycles. The van der Waals surface area contributed by atoms with Crippen molar-refractivity contribution in [3.8, 4) is 0 Å². The molecule has 0 radical (unpaired) electrons. The van der Waals surface area contributed by atoms with Gasteiger partial charge in [0.25, 0.3) is 0 Å². The highest BCUT2D eigenvalue weighted by Crippen LogP contribution is 2.20. The van der Waals surface area contributed by atoms with Gasteiger partial charge in [0.05, 0.1) is 12.1 Å². The van der Waals surface area contributed by atoms with E-state index in [2.05, 4.69) is 0 Å². The van der Waals surface area contributed by atoms with E-state index < -0.39 is 12.1 Å². The number of furan rings is 1. The summed E-state index contributed by atoms with van der Waals surface area (Å²) in [6.07, 6.45) is -0.574. The van der Waals surface area contributed by atoms with E-state index in [1.54, 1.807) is 6.92 Å². The van der Waals surface area contributed by atoms with Crippen molar-refractivity contribution in [2.24, 2.45) is 5.73 Å². The Kier molecular flexibility index (Phi) is 2.55. The van der Waals surface area contributed by atoms with Crippen molar-refractivity contribution in [2.75, 3.05) is 0 Å². The van der Waals surface area contributed by atoms with Gasteiger partial charge >= 0.3 is 0 Å². The van der Waals surface area contributed by atoms with Crippen molar-refractivity contribution < 1.29 is 9.52 Å². The van der Waals surface area contributed by atoms with E-state index in [9.17, 15) is 5.11 Å². The average molecular weight is 169 g/mol. The second-order valence-electron chi connectivity index (χ2n) is 3.15. The van der Waals surface area contributed by atoms with Crippen molar-refractivity contribution >= 4 is 0 Å². The second-order valence-corrected chi connectivity index (χ2v) is 3.15. The fraction of sp³-hybridized carbons (Fsp3) is 0.556. The van der Waals surface area contributed by atoms with Gasteiger partial charge in [-0.1, -0.05) is 0 Å². The van der Waals surface area contributed by atoms with Crippen LogP contribution in [0.15, 0.2) is 10.5 Å². The molecular weight excluding hydrogens is 154 g/mol. The van der Waals surface area contributed by atoms with Crippen LogP contribution in [0.25, 0.3) is 0 Å². The molecule has 0 bridgehead atoms. The molecule has 0 aromatic carbocycles. The number of aliphatic hydroxyl groups is 1. The van der Waals surface area contributed by atoms with E-state index in [4.69, 9.17) is 10.2 Å². The van der Waals surface area contributed by atoms with Gasteiger partial charge in [-0.05, 0) is 32.4 Å². The summed E-state index contributed by atoms with van der Waals surface area (Å²) < 4.78 is 5.35. The first-order valence-electron chi connectivity index (χ1n) is 4.03. The molecule has 3 heteroatoms. The number of aliphatic hydroxyl groups excluding tert-OH is 1. The van der Waals surface area contributed by atoms with Crippen molar-refractivity contribution in [2.45, 2.75) is 32.9 Å². The van der Waals surface area contributed by atoms with Crippen LogP contribution in [0.3, 0.4) is 0 Å². The molecule has 1 heterocycles. The molecule has 0 saturated carbocycles.